The molecule has 0 N–H and O–H groups in total. The van der Waals surface area contributed by atoms with E-state index >= 15 is 0 Å². The van der Waals surface area contributed by atoms with Crippen LogP contribution in [0.1, 0.15) is 33.6 Å². The molecule has 64 valence electrons. The van der Waals surface area contributed by atoms with Crippen LogP contribution in [0.25, 0.3) is 0 Å². The first-order valence-electron chi connectivity index (χ1n) is 4.94. The first-order chi connectivity index (χ1) is 5.18. The van der Waals surface area contributed by atoms with Crippen LogP contribution in [0.3, 0.4) is 0 Å². The molecule has 0 aromatic carbocycles. The molecule has 2 fully saturated rings. The van der Waals surface area contributed by atoms with E-state index in [2.05, 4.69) is 25.7 Å². The maximum Gasteiger partial charge on any atom is 0.0141 e. The molecule has 0 aromatic rings. The molecule has 1 heteroatoms. The SMILES string of the molecule is CC1CC2CN(C(C)C)C2C1. The molecule has 1 aliphatic heterocycles. The van der Waals surface area contributed by atoms with Gasteiger partial charge in [-0.25, -0.2) is 0 Å². The average Bonchev–Trinajstić information content (AvgIpc) is 2.13. The summed E-state index contributed by atoms with van der Waals surface area (Å²) in [5, 5.41) is 0. The zero-order valence-corrected chi connectivity index (χ0v) is 7.88. The van der Waals surface area contributed by atoms with Gasteiger partial charge in [0.1, 0.15) is 0 Å². The van der Waals surface area contributed by atoms with Crippen molar-refractivity contribution in [2.45, 2.75) is 45.7 Å². The van der Waals surface area contributed by atoms with Gasteiger partial charge in [0.2, 0.25) is 0 Å². The van der Waals surface area contributed by atoms with Crippen LogP contribution in [-0.2, 0) is 0 Å². The Morgan fingerprint density at radius 3 is 2.55 bits per heavy atom. The predicted molar refractivity (Wildman–Crippen MR) is 47.5 cm³/mol. The molecular formula is C10H19N. The van der Waals surface area contributed by atoms with Gasteiger partial charge in [0.05, 0.1) is 0 Å². The van der Waals surface area contributed by atoms with Crippen molar-refractivity contribution in [3.8, 4) is 0 Å². The van der Waals surface area contributed by atoms with Crippen molar-refractivity contribution in [1.29, 1.82) is 0 Å². The molecule has 0 bridgehead atoms. The van der Waals surface area contributed by atoms with Gasteiger partial charge in [-0.3, -0.25) is 4.90 Å². The Labute approximate surface area is 69.8 Å². The zero-order valence-electron chi connectivity index (χ0n) is 7.88. The van der Waals surface area contributed by atoms with Crippen molar-refractivity contribution >= 4 is 0 Å². The third-order valence-electron chi connectivity index (χ3n) is 3.43. The van der Waals surface area contributed by atoms with Crippen LogP contribution in [0.5, 0.6) is 0 Å². The van der Waals surface area contributed by atoms with Gasteiger partial charge < -0.3 is 0 Å². The van der Waals surface area contributed by atoms with Crippen LogP contribution in [0.15, 0.2) is 0 Å². The number of fused-ring (bicyclic) bond motifs is 1. The smallest absolute Gasteiger partial charge is 0.0141 e. The lowest BCUT2D eigenvalue weighted by molar-refractivity contribution is 0.00973. The van der Waals surface area contributed by atoms with Crippen LogP contribution in [0.4, 0.5) is 0 Å². The summed E-state index contributed by atoms with van der Waals surface area (Å²) >= 11 is 0. The van der Waals surface area contributed by atoms with Gasteiger partial charge in [-0.05, 0) is 38.5 Å². The molecule has 1 saturated heterocycles. The van der Waals surface area contributed by atoms with Gasteiger partial charge >= 0.3 is 0 Å². The highest BCUT2D eigenvalue weighted by molar-refractivity contribution is 4.99. The minimum Gasteiger partial charge on any atom is -0.297 e. The van der Waals surface area contributed by atoms with E-state index in [4.69, 9.17) is 0 Å². The van der Waals surface area contributed by atoms with E-state index in [0.29, 0.717) is 0 Å². The highest BCUT2D eigenvalue weighted by Gasteiger charge is 2.45. The van der Waals surface area contributed by atoms with Gasteiger partial charge in [0, 0.05) is 18.6 Å². The second-order valence-electron chi connectivity index (χ2n) is 4.69. The van der Waals surface area contributed by atoms with Crippen LogP contribution in [-0.4, -0.2) is 23.5 Å². The fourth-order valence-corrected chi connectivity index (χ4v) is 2.84. The highest BCUT2D eigenvalue weighted by atomic mass is 15.3. The fourth-order valence-electron chi connectivity index (χ4n) is 2.84. The molecule has 0 aromatic heterocycles. The summed E-state index contributed by atoms with van der Waals surface area (Å²) in [6.45, 7) is 8.42. The molecule has 3 atom stereocenters. The molecule has 1 aliphatic carbocycles. The van der Waals surface area contributed by atoms with Gasteiger partial charge in [-0.2, -0.15) is 0 Å². The van der Waals surface area contributed by atoms with Crippen LogP contribution >= 0.6 is 0 Å². The van der Waals surface area contributed by atoms with E-state index in [1.807, 2.05) is 0 Å². The largest absolute Gasteiger partial charge is 0.297 e. The van der Waals surface area contributed by atoms with Crippen LogP contribution in [0.2, 0.25) is 0 Å². The zero-order chi connectivity index (χ0) is 8.01. The molecule has 1 saturated carbocycles. The molecular weight excluding hydrogens is 134 g/mol. The van der Waals surface area contributed by atoms with E-state index in [-0.39, 0.29) is 0 Å². The summed E-state index contributed by atoms with van der Waals surface area (Å²) in [6.07, 6.45) is 2.96. The Morgan fingerprint density at radius 1 is 1.27 bits per heavy atom. The first kappa shape index (κ1) is 7.60. The maximum atomic E-state index is 2.66. The summed E-state index contributed by atoms with van der Waals surface area (Å²) in [4.78, 5) is 2.66. The van der Waals surface area contributed by atoms with Crippen molar-refractivity contribution < 1.29 is 0 Å². The number of likely N-dealkylation sites (tertiary alicyclic amines) is 1. The molecule has 1 heterocycles. The minimum absolute atomic E-state index is 0.779. The standard InChI is InChI=1S/C10H19N/c1-7(2)11-6-9-4-8(3)5-10(9)11/h7-10H,4-6H2,1-3H3. The summed E-state index contributed by atoms with van der Waals surface area (Å²) < 4.78 is 0. The topological polar surface area (TPSA) is 3.24 Å². The van der Waals surface area contributed by atoms with Gasteiger partial charge in [-0.15, -0.1) is 0 Å². The predicted octanol–water partition coefficient (Wildman–Crippen LogP) is 2.13. The Morgan fingerprint density at radius 2 is 2.00 bits per heavy atom. The maximum absolute atomic E-state index is 2.66. The van der Waals surface area contributed by atoms with E-state index < -0.39 is 0 Å². The molecule has 0 spiro atoms. The molecule has 11 heavy (non-hydrogen) atoms. The summed E-state index contributed by atoms with van der Waals surface area (Å²) in [7, 11) is 0. The van der Waals surface area contributed by atoms with Crippen LogP contribution in [0, 0.1) is 11.8 Å². The molecule has 0 amide bonds. The Hall–Kier alpha value is -0.0400. The normalized spacial score (nSPS) is 44.2. The second-order valence-corrected chi connectivity index (χ2v) is 4.69. The molecule has 1 nitrogen and oxygen atoms in total. The minimum atomic E-state index is 0.779. The van der Waals surface area contributed by atoms with Crippen molar-refractivity contribution in [3.63, 3.8) is 0 Å². The molecule has 0 radical (unpaired) electrons. The number of rotatable bonds is 1. The number of hydrogen-bond acceptors (Lipinski definition) is 1. The molecule has 2 rings (SSSR count). The number of hydrogen-bond donors (Lipinski definition) is 0. The van der Waals surface area contributed by atoms with Crippen molar-refractivity contribution in [1.82, 2.24) is 4.90 Å². The average molecular weight is 153 g/mol. The Bertz CT molecular complexity index is 153. The summed E-state index contributed by atoms with van der Waals surface area (Å²) in [5.74, 6) is 2.06. The highest BCUT2D eigenvalue weighted by Crippen LogP contribution is 2.42. The molecule has 2 aliphatic rings. The Balaban J connectivity index is 1.94. The third kappa shape index (κ3) is 1.10. The van der Waals surface area contributed by atoms with Gasteiger partial charge in [0.15, 0.2) is 0 Å². The van der Waals surface area contributed by atoms with Gasteiger partial charge in [0.25, 0.3) is 0 Å². The fraction of sp³-hybridized carbons (Fsp3) is 1.00. The third-order valence-corrected chi connectivity index (χ3v) is 3.43. The van der Waals surface area contributed by atoms with E-state index in [9.17, 15) is 0 Å². The lowest BCUT2D eigenvalue weighted by atomic mass is 9.90. The summed E-state index contributed by atoms with van der Waals surface area (Å²) in [5.41, 5.74) is 0. The van der Waals surface area contributed by atoms with E-state index in [1.165, 1.54) is 19.4 Å². The Kier molecular flexibility index (Phi) is 1.71. The summed E-state index contributed by atoms with van der Waals surface area (Å²) in [6, 6.07) is 1.74. The first-order valence-corrected chi connectivity index (χ1v) is 4.94. The van der Waals surface area contributed by atoms with Gasteiger partial charge in [-0.1, -0.05) is 6.92 Å². The van der Waals surface area contributed by atoms with Crippen molar-refractivity contribution in [2.75, 3.05) is 6.54 Å². The molecule has 3 unspecified atom stereocenters. The van der Waals surface area contributed by atoms with E-state index in [0.717, 1.165) is 23.9 Å². The van der Waals surface area contributed by atoms with E-state index in [1.54, 1.807) is 0 Å². The number of nitrogens with zero attached hydrogens (tertiary/aromatic N) is 1. The van der Waals surface area contributed by atoms with Crippen molar-refractivity contribution in [2.24, 2.45) is 11.8 Å². The lowest BCUT2D eigenvalue weighted by Gasteiger charge is -2.47. The second kappa shape index (κ2) is 2.48. The van der Waals surface area contributed by atoms with Crippen LogP contribution < -0.4 is 0 Å². The quantitative estimate of drug-likeness (QED) is 0.558. The monoisotopic (exact) mass is 153 g/mol. The van der Waals surface area contributed by atoms with Crippen molar-refractivity contribution in [3.05, 3.63) is 0 Å². The lowest BCUT2D eigenvalue weighted by Crippen LogP contribution is -2.56.